The first kappa shape index (κ1) is 18.0. The highest BCUT2D eigenvalue weighted by Gasteiger charge is 2.33. The molecule has 2 aliphatic rings. The van der Waals surface area contributed by atoms with Crippen LogP contribution >= 0.6 is 0 Å². The second-order valence-corrected chi connectivity index (χ2v) is 9.20. The average Bonchev–Trinajstić information content (AvgIpc) is 2.97. The van der Waals surface area contributed by atoms with Gasteiger partial charge >= 0.3 is 0 Å². The summed E-state index contributed by atoms with van der Waals surface area (Å²) in [5.41, 5.74) is 10.6. The lowest BCUT2D eigenvalue weighted by molar-refractivity contribution is 0.0859. The molecule has 0 fully saturated rings. The quantitative estimate of drug-likeness (QED) is 0.802. The highest BCUT2D eigenvalue weighted by atomic mass is 32.2. The van der Waals surface area contributed by atoms with Crippen molar-refractivity contribution in [2.45, 2.75) is 32.2 Å². The molecule has 27 heavy (non-hydrogen) atoms. The number of fused-ring (bicyclic) bond motifs is 2. The summed E-state index contributed by atoms with van der Waals surface area (Å²) < 4.78 is 26.3. The predicted octanol–water partition coefficient (Wildman–Crippen LogP) is 1.33. The van der Waals surface area contributed by atoms with Crippen LogP contribution in [-0.4, -0.2) is 47.8 Å². The van der Waals surface area contributed by atoms with Gasteiger partial charge in [0.1, 0.15) is 5.82 Å². The first-order valence-electron chi connectivity index (χ1n) is 8.96. The summed E-state index contributed by atoms with van der Waals surface area (Å²) in [5, 5.41) is 7.77. The van der Waals surface area contributed by atoms with Gasteiger partial charge in [-0.15, -0.1) is 0 Å². The number of benzene rings is 1. The van der Waals surface area contributed by atoms with Gasteiger partial charge in [-0.3, -0.25) is 4.79 Å². The molecule has 0 saturated carbocycles. The molecule has 3 heterocycles. The van der Waals surface area contributed by atoms with Crippen molar-refractivity contribution in [3.63, 3.8) is 0 Å². The minimum Gasteiger partial charge on any atom is -0.385 e. The number of hydrogen-bond acceptors (Lipinski definition) is 6. The molecule has 0 radical (unpaired) electrons. The predicted molar refractivity (Wildman–Crippen MR) is 103 cm³/mol. The van der Waals surface area contributed by atoms with E-state index in [2.05, 4.69) is 10.4 Å². The molecule has 0 aliphatic carbocycles. The zero-order valence-electron chi connectivity index (χ0n) is 15.4. The Labute approximate surface area is 158 Å². The van der Waals surface area contributed by atoms with Crippen LogP contribution in [-0.2, 0) is 23.0 Å². The molecule has 0 saturated heterocycles. The monoisotopic (exact) mass is 389 g/mol. The molecule has 3 N–H and O–H groups in total. The number of sulfonamides is 1. The van der Waals surface area contributed by atoms with Gasteiger partial charge in [0.15, 0.2) is 0 Å². The number of anilines is 2. The fraction of sp³-hybridized carbons (Fsp3) is 0.444. The Morgan fingerprint density at radius 3 is 2.89 bits per heavy atom. The minimum absolute atomic E-state index is 0.153. The number of nitrogen functional groups attached to an aromatic ring is 1. The summed E-state index contributed by atoms with van der Waals surface area (Å²) in [6, 6.07) is 5.92. The molecule has 144 valence electrons. The fourth-order valence-electron chi connectivity index (χ4n) is 3.97. The molecule has 4 rings (SSSR count). The molecule has 2 aliphatic heterocycles. The maximum atomic E-state index is 13.3. The van der Waals surface area contributed by atoms with E-state index in [1.165, 1.54) is 15.2 Å². The smallest absolute Gasteiger partial charge is 0.256 e. The molecular formula is C18H23N5O3S. The third kappa shape index (κ3) is 3.00. The van der Waals surface area contributed by atoms with Crippen molar-refractivity contribution >= 4 is 27.4 Å². The van der Waals surface area contributed by atoms with E-state index in [0.717, 1.165) is 22.4 Å². The van der Waals surface area contributed by atoms with Gasteiger partial charge in [-0.05, 0) is 30.9 Å². The highest BCUT2D eigenvalue weighted by molar-refractivity contribution is 7.88. The number of nitrogens with one attached hydrogen (secondary N) is 1. The minimum atomic E-state index is -3.31. The van der Waals surface area contributed by atoms with Crippen LogP contribution in [0.3, 0.4) is 0 Å². The van der Waals surface area contributed by atoms with E-state index >= 15 is 0 Å². The zero-order chi connectivity index (χ0) is 19.3. The molecule has 2 aromatic rings. The van der Waals surface area contributed by atoms with Crippen LogP contribution in [0.4, 0.5) is 11.5 Å². The summed E-state index contributed by atoms with van der Waals surface area (Å²) in [5.74, 6) is -0.159. The van der Waals surface area contributed by atoms with Gasteiger partial charge < -0.3 is 11.1 Å². The summed E-state index contributed by atoms with van der Waals surface area (Å²) in [6.07, 6.45) is 2.30. The van der Waals surface area contributed by atoms with Crippen molar-refractivity contribution in [2.75, 3.05) is 30.4 Å². The van der Waals surface area contributed by atoms with E-state index in [4.69, 9.17) is 5.73 Å². The third-order valence-electron chi connectivity index (χ3n) is 5.43. The fourth-order valence-corrected chi connectivity index (χ4v) is 4.75. The number of carbonyl (C=O) groups excluding carboxylic acids is 1. The SMILES string of the molecule is Cc1cccc2c1NCC[C@@H]2C(=O)n1nc2c(c1N)CCN(S(C)(=O)=O)C2. The standard InChI is InChI=1S/C18H23N5O3S/c1-11-4-3-5-12-13(6-8-20-16(11)12)18(24)23-17(19)14-7-9-22(27(2,25)26)10-15(14)21-23/h3-5,13,20H,6-10,19H2,1-2H3/t13-/m0/s1. The van der Waals surface area contributed by atoms with Gasteiger partial charge in [0, 0.05) is 24.3 Å². The second kappa shape index (κ2) is 6.35. The maximum absolute atomic E-state index is 13.3. The van der Waals surface area contributed by atoms with E-state index in [1.807, 2.05) is 25.1 Å². The Morgan fingerprint density at radius 2 is 2.15 bits per heavy atom. The van der Waals surface area contributed by atoms with E-state index in [-0.39, 0.29) is 18.4 Å². The van der Waals surface area contributed by atoms with E-state index in [1.54, 1.807) is 0 Å². The number of aromatic nitrogens is 2. The number of hydrogen-bond donors (Lipinski definition) is 2. The molecule has 0 bridgehead atoms. The van der Waals surface area contributed by atoms with Gasteiger partial charge in [-0.2, -0.15) is 14.1 Å². The number of aryl methyl sites for hydroxylation is 1. The Kier molecular flexibility index (Phi) is 4.23. The molecule has 0 amide bonds. The average molecular weight is 389 g/mol. The van der Waals surface area contributed by atoms with Crippen LogP contribution in [0.1, 0.15) is 39.5 Å². The molecule has 1 aromatic carbocycles. The number of carbonyl (C=O) groups is 1. The van der Waals surface area contributed by atoms with Crippen LogP contribution in [0.25, 0.3) is 0 Å². The maximum Gasteiger partial charge on any atom is 0.256 e. The Morgan fingerprint density at radius 1 is 1.37 bits per heavy atom. The summed E-state index contributed by atoms with van der Waals surface area (Å²) >= 11 is 0. The molecule has 8 nitrogen and oxygen atoms in total. The van der Waals surface area contributed by atoms with Gasteiger partial charge in [0.2, 0.25) is 10.0 Å². The summed E-state index contributed by atoms with van der Waals surface area (Å²) in [6.45, 7) is 3.22. The van der Waals surface area contributed by atoms with Crippen LogP contribution in [0.2, 0.25) is 0 Å². The lowest BCUT2D eigenvalue weighted by Gasteiger charge is -2.27. The van der Waals surface area contributed by atoms with Crippen molar-refractivity contribution in [2.24, 2.45) is 0 Å². The molecule has 0 spiro atoms. The van der Waals surface area contributed by atoms with Crippen molar-refractivity contribution in [3.05, 3.63) is 40.6 Å². The number of nitrogens with two attached hydrogens (primary N) is 1. The highest BCUT2D eigenvalue weighted by Crippen LogP contribution is 2.36. The van der Waals surface area contributed by atoms with Crippen molar-refractivity contribution in [1.82, 2.24) is 14.1 Å². The van der Waals surface area contributed by atoms with Gasteiger partial charge in [0.05, 0.1) is 24.4 Å². The summed E-state index contributed by atoms with van der Waals surface area (Å²) in [7, 11) is -3.31. The third-order valence-corrected chi connectivity index (χ3v) is 6.68. The van der Waals surface area contributed by atoms with Crippen LogP contribution in [0, 0.1) is 6.92 Å². The number of para-hydroxylation sites is 1. The zero-order valence-corrected chi connectivity index (χ0v) is 16.2. The number of rotatable bonds is 2. The lowest BCUT2D eigenvalue weighted by Crippen LogP contribution is -2.35. The van der Waals surface area contributed by atoms with Gasteiger partial charge in [-0.1, -0.05) is 18.2 Å². The van der Waals surface area contributed by atoms with Crippen molar-refractivity contribution in [3.8, 4) is 0 Å². The summed E-state index contributed by atoms with van der Waals surface area (Å²) in [4.78, 5) is 13.3. The van der Waals surface area contributed by atoms with Crippen molar-refractivity contribution < 1.29 is 13.2 Å². The van der Waals surface area contributed by atoms with Gasteiger partial charge in [-0.25, -0.2) is 8.42 Å². The lowest BCUT2D eigenvalue weighted by atomic mass is 9.88. The molecule has 0 unspecified atom stereocenters. The van der Waals surface area contributed by atoms with Crippen LogP contribution in [0.15, 0.2) is 18.2 Å². The Bertz CT molecular complexity index is 1030. The normalized spacial score (nSPS) is 19.9. The first-order valence-corrected chi connectivity index (χ1v) is 10.8. The van der Waals surface area contributed by atoms with Crippen LogP contribution < -0.4 is 11.1 Å². The largest absolute Gasteiger partial charge is 0.385 e. The van der Waals surface area contributed by atoms with Gasteiger partial charge in [0.25, 0.3) is 5.91 Å². The Hall–Kier alpha value is -2.39. The number of nitrogens with zero attached hydrogens (tertiary/aromatic N) is 3. The molecule has 9 heteroatoms. The molecular weight excluding hydrogens is 366 g/mol. The van der Waals surface area contributed by atoms with Crippen LogP contribution in [0.5, 0.6) is 0 Å². The van der Waals surface area contributed by atoms with E-state index in [0.29, 0.717) is 37.4 Å². The molecule has 1 aromatic heterocycles. The Balaban J connectivity index is 1.69. The topological polar surface area (TPSA) is 110 Å². The first-order chi connectivity index (χ1) is 12.8. The molecule has 1 atom stereocenters. The second-order valence-electron chi connectivity index (χ2n) is 7.21. The van der Waals surface area contributed by atoms with Crippen molar-refractivity contribution in [1.29, 1.82) is 0 Å². The van der Waals surface area contributed by atoms with E-state index < -0.39 is 10.0 Å². The van der Waals surface area contributed by atoms with E-state index in [9.17, 15) is 13.2 Å².